The summed E-state index contributed by atoms with van der Waals surface area (Å²) in [7, 11) is -6.72. The number of nitro benzene ring substituents is 1. The van der Waals surface area contributed by atoms with E-state index < -0.39 is 21.9 Å². The average molecular weight is 401 g/mol. The number of nitrogens with zero attached hydrogens (tertiary/aromatic N) is 2. The molecule has 0 aliphatic rings. The molecule has 0 aromatic heterocycles. The van der Waals surface area contributed by atoms with E-state index in [4.69, 9.17) is 4.78 Å². The van der Waals surface area contributed by atoms with Crippen molar-refractivity contribution in [3.05, 3.63) is 34.4 Å². The van der Waals surface area contributed by atoms with Gasteiger partial charge < -0.3 is 21.7 Å². The molecule has 0 spiro atoms. The molecule has 26 heavy (non-hydrogen) atoms. The van der Waals surface area contributed by atoms with Crippen LogP contribution in [0.25, 0.3) is 0 Å². The highest BCUT2D eigenvalue weighted by Gasteiger charge is 2.20. The molecular weight excluding hydrogens is 377 g/mol. The van der Waals surface area contributed by atoms with Crippen molar-refractivity contribution in [3.8, 4) is 0 Å². The summed E-state index contributed by atoms with van der Waals surface area (Å²) in [5, 5.41) is 10.6. The minimum absolute atomic E-state index is 0.0462. The molecule has 1 rings (SSSR count). The van der Waals surface area contributed by atoms with E-state index in [2.05, 4.69) is 20.9 Å². The molecule has 1 atom stereocenters. The standard InChI is InChI=1S/C14H24N3O3S.BF4/c1-4-17(3,5-2)11-6-12-21(15,20)14-9-7-13(8-10-14)16(18)19;2-1(3,4)5/h7-10,15H,4-6,11-12H2,1-3H3;/q+1;-1. The van der Waals surface area contributed by atoms with Crippen molar-refractivity contribution in [1.29, 1.82) is 4.78 Å². The summed E-state index contributed by atoms with van der Waals surface area (Å²) >= 11 is 0. The number of rotatable bonds is 8. The van der Waals surface area contributed by atoms with Crippen LogP contribution in [-0.2, 0) is 9.73 Å². The van der Waals surface area contributed by atoms with Gasteiger partial charge in [-0.25, -0.2) is 8.99 Å². The predicted molar refractivity (Wildman–Crippen MR) is 94.0 cm³/mol. The Labute approximate surface area is 151 Å². The van der Waals surface area contributed by atoms with Gasteiger partial charge in [0.15, 0.2) is 0 Å². The zero-order chi connectivity index (χ0) is 20.6. The fourth-order valence-electron chi connectivity index (χ4n) is 2.09. The van der Waals surface area contributed by atoms with Gasteiger partial charge in [0.25, 0.3) is 5.69 Å². The molecule has 12 heteroatoms. The monoisotopic (exact) mass is 401 g/mol. The lowest BCUT2D eigenvalue weighted by Gasteiger charge is -2.32. The van der Waals surface area contributed by atoms with Gasteiger partial charge in [-0.05, 0) is 26.0 Å². The van der Waals surface area contributed by atoms with Crippen molar-refractivity contribution in [1.82, 2.24) is 0 Å². The Bertz CT molecular complexity index is 672. The van der Waals surface area contributed by atoms with E-state index in [0.717, 1.165) is 24.1 Å². The number of benzene rings is 1. The van der Waals surface area contributed by atoms with E-state index in [9.17, 15) is 31.6 Å². The third-order valence-electron chi connectivity index (χ3n) is 4.08. The van der Waals surface area contributed by atoms with Crippen LogP contribution in [0.1, 0.15) is 20.3 Å². The summed E-state index contributed by atoms with van der Waals surface area (Å²) in [5.74, 6) is 0.290. The highest BCUT2D eigenvalue weighted by molar-refractivity contribution is 7.92. The minimum Gasteiger partial charge on any atom is -0.418 e. The maximum atomic E-state index is 12.4. The van der Waals surface area contributed by atoms with Crippen molar-refractivity contribution in [2.24, 2.45) is 0 Å². The molecule has 0 radical (unpaired) electrons. The van der Waals surface area contributed by atoms with Crippen LogP contribution in [0, 0.1) is 14.9 Å². The molecule has 1 aromatic rings. The van der Waals surface area contributed by atoms with Gasteiger partial charge in [-0.2, -0.15) is 0 Å². The molecule has 0 aliphatic heterocycles. The molecule has 0 amide bonds. The van der Waals surface area contributed by atoms with Crippen molar-refractivity contribution in [2.75, 3.05) is 32.4 Å². The normalized spacial score (nSPS) is 14.1. The molecule has 150 valence electrons. The van der Waals surface area contributed by atoms with Crippen LogP contribution < -0.4 is 0 Å². The summed E-state index contributed by atoms with van der Waals surface area (Å²) < 4.78 is 60.3. The summed E-state index contributed by atoms with van der Waals surface area (Å²) in [6.45, 7) is 7.14. The van der Waals surface area contributed by atoms with E-state index in [1.54, 1.807) is 0 Å². The van der Waals surface area contributed by atoms with Crippen molar-refractivity contribution >= 4 is 22.7 Å². The number of nitrogens with one attached hydrogen (secondary N) is 1. The minimum atomic E-state index is -6.00. The quantitative estimate of drug-likeness (QED) is 0.233. The highest BCUT2D eigenvalue weighted by Crippen LogP contribution is 2.18. The highest BCUT2D eigenvalue weighted by atomic mass is 32.2. The molecule has 0 saturated heterocycles. The molecule has 0 saturated carbocycles. The van der Waals surface area contributed by atoms with Gasteiger partial charge in [-0.3, -0.25) is 10.1 Å². The molecule has 0 bridgehead atoms. The lowest BCUT2D eigenvalue weighted by atomic mass is 10.3. The van der Waals surface area contributed by atoms with E-state index in [1.165, 1.54) is 24.3 Å². The van der Waals surface area contributed by atoms with Crippen molar-refractivity contribution in [3.63, 3.8) is 0 Å². The summed E-state index contributed by atoms with van der Waals surface area (Å²) in [4.78, 5) is 10.5. The third kappa shape index (κ3) is 9.71. The predicted octanol–water partition coefficient (Wildman–Crippen LogP) is 4.18. The average Bonchev–Trinajstić information content (AvgIpc) is 2.53. The van der Waals surface area contributed by atoms with Crippen LogP contribution in [0.3, 0.4) is 0 Å². The number of quaternary nitrogens is 1. The van der Waals surface area contributed by atoms with E-state index in [1.807, 2.05) is 0 Å². The van der Waals surface area contributed by atoms with Gasteiger partial charge in [-0.15, -0.1) is 0 Å². The van der Waals surface area contributed by atoms with Gasteiger partial charge in [-0.1, -0.05) is 0 Å². The number of non-ortho nitro benzene ring substituents is 1. The number of halogens is 4. The molecule has 0 fully saturated rings. The second-order valence-electron chi connectivity index (χ2n) is 5.95. The van der Waals surface area contributed by atoms with Crippen molar-refractivity contribution in [2.45, 2.75) is 25.2 Å². The molecule has 1 N–H and O–H groups in total. The van der Waals surface area contributed by atoms with Gasteiger partial charge in [0.05, 0.1) is 41.3 Å². The zero-order valence-corrected chi connectivity index (χ0v) is 15.8. The van der Waals surface area contributed by atoms with Crippen LogP contribution in [0.2, 0.25) is 0 Å². The largest absolute Gasteiger partial charge is 0.673 e. The maximum absolute atomic E-state index is 12.4. The Morgan fingerprint density at radius 1 is 1.15 bits per heavy atom. The first-order valence-electron chi connectivity index (χ1n) is 7.96. The Hall–Kier alpha value is -1.69. The molecule has 0 aliphatic carbocycles. The summed E-state index contributed by atoms with van der Waals surface area (Å²) in [5.41, 5.74) is -0.0462. The lowest BCUT2D eigenvalue weighted by molar-refractivity contribution is -0.906. The lowest BCUT2D eigenvalue weighted by Crippen LogP contribution is -2.44. The van der Waals surface area contributed by atoms with Crippen molar-refractivity contribution < 1.29 is 30.9 Å². The molecule has 1 aromatic carbocycles. The SMILES string of the molecule is CC[N+](C)(CC)CCCS(=N)(=O)c1ccc([N+](=O)[O-])cc1.F[B-](F)(F)F. The van der Waals surface area contributed by atoms with Crippen LogP contribution >= 0.6 is 0 Å². The fraction of sp³-hybridized carbons (Fsp3) is 0.571. The third-order valence-corrected chi connectivity index (χ3v) is 5.98. The molecule has 0 heterocycles. The molecular formula is C14H24BF4N3O3S. The van der Waals surface area contributed by atoms with Gasteiger partial charge in [0, 0.05) is 29.2 Å². The van der Waals surface area contributed by atoms with Gasteiger partial charge >= 0.3 is 7.25 Å². The van der Waals surface area contributed by atoms with E-state index in [0.29, 0.717) is 17.1 Å². The fourth-order valence-corrected chi connectivity index (χ4v) is 3.44. The Morgan fingerprint density at radius 2 is 1.58 bits per heavy atom. The first-order valence-corrected chi connectivity index (χ1v) is 9.68. The Balaban J connectivity index is 0.00000110. The number of hydrogen-bond donors (Lipinski definition) is 1. The van der Waals surface area contributed by atoms with Crippen LogP contribution in [0.5, 0.6) is 0 Å². The Kier molecular flexibility index (Phi) is 9.22. The van der Waals surface area contributed by atoms with Gasteiger partial charge in [0.2, 0.25) is 0 Å². The van der Waals surface area contributed by atoms with Crippen LogP contribution in [0.4, 0.5) is 23.0 Å². The first kappa shape index (κ1) is 24.3. The maximum Gasteiger partial charge on any atom is 0.673 e. The first-order chi connectivity index (χ1) is 11.7. The second kappa shape index (κ2) is 9.86. The molecule has 6 nitrogen and oxygen atoms in total. The van der Waals surface area contributed by atoms with Crippen LogP contribution in [-0.4, -0.2) is 53.3 Å². The van der Waals surface area contributed by atoms with E-state index >= 15 is 0 Å². The van der Waals surface area contributed by atoms with E-state index in [-0.39, 0.29) is 5.69 Å². The topological polar surface area (TPSA) is 84.1 Å². The molecule has 1 unspecified atom stereocenters. The van der Waals surface area contributed by atoms with Gasteiger partial charge in [0.1, 0.15) is 0 Å². The summed E-state index contributed by atoms with van der Waals surface area (Å²) in [6.07, 6.45) is 0.706. The van der Waals surface area contributed by atoms with Crippen LogP contribution in [0.15, 0.2) is 29.2 Å². The number of nitro groups is 1. The zero-order valence-electron chi connectivity index (χ0n) is 15.0. The smallest absolute Gasteiger partial charge is 0.418 e. The number of hydrogen-bond acceptors (Lipinski definition) is 4. The second-order valence-corrected chi connectivity index (χ2v) is 8.18. The Morgan fingerprint density at radius 3 is 1.92 bits per heavy atom. The summed E-state index contributed by atoms with van der Waals surface area (Å²) in [6, 6.07) is 5.48.